The van der Waals surface area contributed by atoms with Gasteiger partial charge in [0.15, 0.2) is 0 Å². The molecule has 0 aromatic heterocycles. The third-order valence-electron chi connectivity index (χ3n) is 3.82. The van der Waals surface area contributed by atoms with Crippen LogP contribution >= 0.6 is 0 Å². The monoisotopic (exact) mass is 301 g/mol. The van der Waals surface area contributed by atoms with Crippen LogP contribution in [0.25, 0.3) is 0 Å². The molecule has 2 aromatic carbocycles. The Bertz CT molecular complexity index is 665. The molecule has 0 atom stereocenters. The number of carbonyl (C=O) groups excluding carboxylic acids is 1. The molecule has 0 radical (unpaired) electrons. The van der Waals surface area contributed by atoms with Gasteiger partial charge in [-0.15, -0.1) is 0 Å². The van der Waals surface area contributed by atoms with Gasteiger partial charge in [0, 0.05) is 12.6 Å². The van der Waals surface area contributed by atoms with E-state index in [0.29, 0.717) is 12.1 Å². The third-order valence-corrected chi connectivity index (χ3v) is 3.82. The number of nitrogens with zero attached hydrogens (tertiary/aromatic N) is 1. The smallest absolute Gasteiger partial charge is 0.227 e. The van der Waals surface area contributed by atoms with E-state index in [4.69, 9.17) is 0 Å². The molecule has 1 saturated carbocycles. The lowest BCUT2D eigenvalue weighted by Crippen LogP contribution is -2.33. The van der Waals surface area contributed by atoms with Crippen molar-refractivity contribution in [3.63, 3.8) is 0 Å². The maximum atomic E-state index is 13.2. The molecular weight excluding hydrogens is 284 g/mol. The molecule has 3 rings (SSSR count). The summed E-state index contributed by atoms with van der Waals surface area (Å²) in [5.41, 5.74) is 1.58. The van der Waals surface area contributed by atoms with E-state index in [0.717, 1.165) is 18.4 Å². The minimum Gasteiger partial charge on any atom is -0.335 e. The number of carbonyl (C=O) groups is 1. The molecule has 1 aliphatic carbocycles. The van der Waals surface area contributed by atoms with E-state index >= 15 is 0 Å². The molecule has 1 fully saturated rings. The summed E-state index contributed by atoms with van der Waals surface area (Å²) in [5.74, 6) is -0.632. The maximum Gasteiger partial charge on any atom is 0.227 e. The lowest BCUT2D eigenvalue weighted by atomic mass is 10.1. The van der Waals surface area contributed by atoms with Crippen LogP contribution in [0.4, 0.5) is 8.78 Å². The molecule has 0 bridgehead atoms. The second-order valence-electron chi connectivity index (χ2n) is 5.69. The summed E-state index contributed by atoms with van der Waals surface area (Å²) >= 11 is 0. The minimum absolute atomic E-state index is 0.0163. The third kappa shape index (κ3) is 3.70. The molecule has 4 heteroatoms. The normalized spacial score (nSPS) is 13.9. The van der Waals surface area contributed by atoms with Gasteiger partial charge in [0.25, 0.3) is 0 Å². The van der Waals surface area contributed by atoms with Crippen molar-refractivity contribution in [2.45, 2.75) is 31.8 Å². The number of amides is 1. The van der Waals surface area contributed by atoms with Gasteiger partial charge >= 0.3 is 0 Å². The zero-order chi connectivity index (χ0) is 15.5. The molecule has 2 nitrogen and oxygen atoms in total. The average Bonchev–Trinajstić information content (AvgIpc) is 3.31. The highest BCUT2D eigenvalue weighted by atomic mass is 19.1. The first-order valence-electron chi connectivity index (χ1n) is 7.40. The van der Waals surface area contributed by atoms with E-state index in [1.54, 1.807) is 24.3 Å². The van der Waals surface area contributed by atoms with Crippen LogP contribution < -0.4 is 0 Å². The highest BCUT2D eigenvalue weighted by molar-refractivity contribution is 5.79. The van der Waals surface area contributed by atoms with Crippen molar-refractivity contribution < 1.29 is 13.6 Å². The second-order valence-corrected chi connectivity index (χ2v) is 5.69. The maximum absolute atomic E-state index is 13.2. The van der Waals surface area contributed by atoms with Gasteiger partial charge in [0.1, 0.15) is 11.6 Å². The SMILES string of the molecule is O=C(Cc1cccc(F)c1)N(Cc1ccc(F)cc1)C1CC1. The van der Waals surface area contributed by atoms with Gasteiger partial charge in [0.05, 0.1) is 6.42 Å². The van der Waals surface area contributed by atoms with E-state index in [2.05, 4.69) is 0 Å². The Balaban J connectivity index is 1.70. The van der Waals surface area contributed by atoms with Gasteiger partial charge in [-0.1, -0.05) is 24.3 Å². The standard InChI is InChI=1S/C18H17F2NO/c19-15-6-4-13(5-7-15)12-21(17-8-9-17)18(22)11-14-2-1-3-16(20)10-14/h1-7,10,17H,8-9,11-12H2. The number of hydrogen-bond donors (Lipinski definition) is 0. The van der Waals surface area contributed by atoms with Crippen LogP contribution in [0, 0.1) is 11.6 Å². The fourth-order valence-corrected chi connectivity index (χ4v) is 2.52. The Morgan fingerprint density at radius 2 is 1.73 bits per heavy atom. The van der Waals surface area contributed by atoms with E-state index in [1.807, 2.05) is 4.90 Å². The van der Waals surface area contributed by atoms with E-state index in [-0.39, 0.29) is 30.0 Å². The van der Waals surface area contributed by atoms with Crippen molar-refractivity contribution in [1.29, 1.82) is 0 Å². The quantitative estimate of drug-likeness (QED) is 0.824. The zero-order valence-electron chi connectivity index (χ0n) is 12.1. The topological polar surface area (TPSA) is 20.3 Å². The van der Waals surface area contributed by atoms with E-state index < -0.39 is 0 Å². The Labute approximate surface area is 128 Å². The van der Waals surface area contributed by atoms with Gasteiger partial charge in [-0.3, -0.25) is 4.79 Å². The van der Waals surface area contributed by atoms with Crippen LogP contribution in [-0.4, -0.2) is 16.8 Å². The van der Waals surface area contributed by atoms with Crippen molar-refractivity contribution in [3.05, 3.63) is 71.3 Å². The fourth-order valence-electron chi connectivity index (χ4n) is 2.52. The average molecular weight is 301 g/mol. The predicted octanol–water partition coefficient (Wildman–Crippen LogP) is 3.70. The van der Waals surface area contributed by atoms with Gasteiger partial charge in [0.2, 0.25) is 5.91 Å². The van der Waals surface area contributed by atoms with Gasteiger partial charge in [-0.2, -0.15) is 0 Å². The van der Waals surface area contributed by atoms with Crippen LogP contribution in [0.1, 0.15) is 24.0 Å². The fraction of sp³-hybridized carbons (Fsp3) is 0.278. The predicted molar refractivity (Wildman–Crippen MR) is 80.1 cm³/mol. The van der Waals surface area contributed by atoms with Crippen LogP contribution in [0.5, 0.6) is 0 Å². The summed E-state index contributed by atoms with van der Waals surface area (Å²) in [4.78, 5) is 14.3. The first kappa shape index (κ1) is 14.7. The summed E-state index contributed by atoms with van der Waals surface area (Å²) in [6.45, 7) is 0.471. The van der Waals surface area contributed by atoms with Crippen LogP contribution in [-0.2, 0) is 17.8 Å². The minimum atomic E-state index is -0.332. The Morgan fingerprint density at radius 1 is 1.00 bits per heavy atom. The molecule has 1 amide bonds. The highest BCUT2D eigenvalue weighted by Gasteiger charge is 2.32. The Hall–Kier alpha value is -2.23. The van der Waals surface area contributed by atoms with Gasteiger partial charge < -0.3 is 4.90 Å². The lowest BCUT2D eigenvalue weighted by Gasteiger charge is -2.22. The Kier molecular flexibility index (Phi) is 4.18. The van der Waals surface area contributed by atoms with Crippen LogP contribution in [0.3, 0.4) is 0 Å². The molecule has 0 heterocycles. The van der Waals surface area contributed by atoms with Crippen molar-refractivity contribution in [3.8, 4) is 0 Å². The van der Waals surface area contributed by atoms with Crippen LogP contribution in [0.15, 0.2) is 48.5 Å². The number of halogens is 2. The zero-order valence-corrected chi connectivity index (χ0v) is 12.1. The molecule has 2 aromatic rings. The molecule has 0 N–H and O–H groups in total. The summed E-state index contributed by atoms with van der Waals surface area (Å²) in [7, 11) is 0. The van der Waals surface area contributed by atoms with Crippen molar-refractivity contribution >= 4 is 5.91 Å². The number of rotatable bonds is 5. The summed E-state index contributed by atoms with van der Waals surface area (Å²) in [6, 6.07) is 12.6. The lowest BCUT2D eigenvalue weighted by molar-refractivity contribution is -0.131. The van der Waals surface area contributed by atoms with Crippen molar-refractivity contribution in [2.24, 2.45) is 0 Å². The van der Waals surface area contributed by atoms with Crippen molar-refractivity contribution in [2.75, 3.05) is 0 Å². The summed E-state index contributed by atoms with van der Waals surface area (Å²) in [6.07, 6.45) is 2.18. The molecule has 0 saturated heterocycles. The first-order valence-corrected chi connectivity index (χ1v) is 7.40. The number of benzene rings is 2. The first-order chi connectivity index (χ1) is 10.6. The largest absolute Gasteiger partial charge is 0.335 e. The number of hydrogen-bond acceptors (Lipinski definition) is 1. The molecular formula is C18H17F2NO. The molecule has 1 aliphatic rings. The molecule has 0 aliphatic heterocycles. The summed E-state index contributed by atoms with van der Waals surface area (Å²) in [5, 5.41) is 0. The van der Waals surface area contributed by atoms with Crippen molar-refractivity contribution in [1.82, 2.24) is 4.90 Å². The van der Waals surface area contributed by atoms with Gasteiger partial charge in [-0.05, 0) is 48.2 Å². The molecule has 0 unspecified atom stereocenters. The summed E-state index contributed by atoms with van der Waals surface area (Å²) < 4.78 is 26.2. The van der Waals surface area contributed by atoms with E-state index in [1.165, 1.54) is 24.3 Å². The second kappa shape index (κ2) is 6.26. The molecule has 114 valence electrons. The van der Waals surface area contributed by atoms with E-state index in [9.17, 15) is 13.6 Å². The molecule has 22 heavy (non-hydrogen) atoms. The van der Waals surface area contributed by atoms with Gasteiger partial charge in [-0.25, -0.2) is 8.78 Å². The highest BCUT2D eigenvalue weighted by Crippen LogP contribution is 2.29. The molecule has 0 spiro atoms. The van der Waals surface area contributed by atoms with Crippen LogP contribution in [0.2, 0.25) is 0 Å². The Morgan fingerprint density at radius 3 is 2.36 bits per heavy atom.